The summed E-state index contributed by atoms with van der Waals surface area (Å²) in [6, 6.07) is 1.52. The molecule has 0 aliphatic heterocycles. The first-order valence-corrected chi connectivity index (χ1v) is 5.68. The molecule has 0 bridgehead atoms. The van der Waals surface area contributed by atoms with Crippen LogP contribution in [0.4, 0.5) is 0 Å². The van der Waals surface area contributed by atoms with Gasteiger partial charge in [-0.1, -0.05) is 23.2 Å². The van der Waals surface area contributed by atoms with Gasteiger partial charge in [0.2, 0.25) is 0 Å². The predicted molar refractivity (Wildman–Crippen MR) is 64.8 cm³/mol. The molecule has 0 aromatic carbocycles. The number of hydrogen-bond donors (Lipinski definition) is 3. The van der Waals surface area contributed by atoms with E-state index in [1.165, 1.54) is 12.1 Å². The number of hydrogen-bond acceptors (Lipinski definition) is 4. The van der Waals surface area contributed by atoms with E-state index in [1.54, 1.807) is 0 Å². The molecule has 0 saturated heterocycles. The van der Waals surface area contributed by atoms with Gasteiger partial charge < -0.3 is 15.5 Å². The average molecular weight is 293 g/mol. The molecule has 0 aliphatic carbocycles. The second-order valence-corrected chi connectivity index (χ2v) is 4.09. The lowest BCUT2D eigenvalue weighted by Gasteiger charge is -2.13. The first-order chi connectivity index (χ1) is 8.45. The van der Waals surface area contributed by atoms with E-state index >= 15 is 0 Å². The quantitative estimate of drug-likeness (QED) is 0.702. The van der Waals surface area contributed by atoms with Crippen LogP contribution < -0.4 is 5.32 Å². The molecule has 0 saturated carbocycles. The highest BCUT2D eigenvalue weighted by Crippen LogP contribution is 2.16. The minimum atomic E-state index is -1.24. The Kier molecular flexibility index (Phi) is 5.33. The van der Waals surface area contributed by atoms with Crippen molar-refractivity contribution in [3.63, 3.8) is 0 Å². The van der Waals surface area contributed by atoms with Gasteiger partial charge in [-0.25, -0.2) is 9.78 Å². The minimum Gasteiger partial charge on any atom is -0.480 e. The van der Waals surface area contributed by atoms with Gasteiger partial charge in [0.1, 0.15) is 16.3 Å². The lowest BCUT2D eigenvalue weighted by molar-refractivity contribution is -0.139. The van der Waals surface area contributed by atoms with Crippen LogP contribution in [0.3, 0.4) is 0 Å². The lowest BCUT2D eigenvalue weighted by atomic mass is 10.2. The predicted octanol–water partition coefficient (Wildman–Crippen LogP) is 0.954. The average Bonchev–Trinajstić information content (AvgIpc) is 2.27. The molecule has 1 unspecified atom stereocenters. The zero-order valence-corrected chi connectivity index (χ0v) is 10.6. The Hall–Kier alpha value is -1.37. The molecular weight excluding hydrogens is 283 g/mol. The monoisotopic (exact) mass is 292 g/mol. The standard InChI is InChI=1S/C10H10Cl2N2O4/c11-7-2-1-5(8(12)14-7)9(16)13-6(3-4-15)10(17)18/h1-2,6,15H,3-4H2,(H,13,16)(H,17,18). The van der Waals surface area contributed by atoms with E-state index in [0.29, 0.717) is 0 Å². The molecule has 6 nitrogen and oxygen atoms in total. The third-order valence-corrected chi connectivity index (χ3v) is 2.58. The normalized spacial score (nSPS) is 11.9. The summed E-state index contributed by atoms with van der Waals surface area (Å²) >= 11 is 11.3. The number of nitrogens with zero attached hydrogens (tertiary/aromatic N) is 1. The van der Waals surface area contributed by atoms with E-state index in [2.05, 4.69) is 10.3 Å². The first kappa shape index (κ1) is 14.7. The second-order valence-electron chi connectivity index (χ2n) is 3.35. The summed E-state index contributed by atoms with van der Waals surface area (Å²) in [4.78, 5) is 26.2. The molecule has 0 radical (unpaired) electrons. The smallest absolute Gasteiger partial charge is 0.326 e. The maximum Gasteiger partial charge on any atom is 0.326 e. The number of aliphatic carboxylic acids is 1. The second kappa shape index (κ2) is 6.53. The maximum atomic E-state index is 11.7. The third-order valence-electron chi connectivity index (χ3n) is 2.08. The third kappa shape index (κ3) is 3.83. The fraction of sp³-hybridized carbons (Fsp3) is 0.300. The van der Waals surface area contributed by atoms with Gasteiger partial charge in [-0.3, -0.25) is 4.79 Å². The van der Waals surface area contributed by atoms with Crippen LogP contribution in [-0.2, 0) is 4.79 Å². The van der Waals surface area contributed by atoms with Crippen molar-refractivity contribution < 1.29 is 19.8 Å². The van der Waals surface area contributed by atoms with Gasteiger partial charge in [0.25, 0.3) is 5.91 Å². The maximum absolute atomic E-state index is 11.7. The molecule has 1 atom stereocenters. The van der Waals surface area contributed by atoms with E-state index in [1.807, 2.05) is 0 Å². The Morgan fingerprint density at radius 1 is 1.39 bits per heavy atom. The van der Waals surface area contributed by atoms with E-state index in [9.17, 15) is 9.59 Å². The van der Waals surface area contributed by atoms with Crippen LogP contribution in [0.25, 0.3) is 0 Å². The van der Waals surface area contributed by atoms with Gasteiger partial charge in [0.15, 0.2) is 0 Å². The van der Waals surface area contributed by atoms with Crippen molar-refractivity contribution in [1.82, 2.24) is 10.3 Å². The summed E-state index contributed by atoms with van der Waals surface area (Å²) in [7, 11) is 0. The van der Waals surface area contributed by atoms with Crippen LogP contribution in [0.15, 0.2) is 12.1 Å². The molecule has 1 amide bonds. The minimum absolute atomic E-state index is 0.0188. The molecule has 98 valence electrons. The first-order valence-electron chi connectivity index (χ1n) is 4.92. The van der Waals surface area contributed by atoms with Crippen LogP contribution >= 0.6 is 23.2 Å². The van der Waals surface area contributed by atoms with Gasteiger partial charge in [-0.15, -0.1) is 0 Å². The van der Waals surface area contributed by atoms with Crippen molar-refractivity contribution in [3.8, 4) is 0 Å². The number of pyridine rings is 1. The fourth-order valence-corrected chi connectivity index (χ4v) is 1.63. The van der Waals surface area contributed by atoms with Gasteiger partial charge >= 0.3 is 5.97 Å². The van der Waals surface area contributed by atoms with Crippen molar-refractivity contribution in [2.45, 2.75) is 12.5 Å². The molecule has 1 aromatic heterocycles. The summed E-state index contributed by atoms with van der Waals surface area (Å²) in [6.45, 7) is -0.357. The van der Waals surface area contributed by atoms with Crippen LogP contribution in [0.2, 0.25) is 10.3 Å². The van der Waals surface area contributed by atoms with Gasteiger partial charge in [-0.2, -0.15) is 0 Å². The number of carboxylic acid groups (broad SMARTS) is 1. The zero-order valence-electron chi connectivity index (χ0n) is 9.06. The molecule has 3 N–H and O–H groups in total. The molecule has 8 heteroatoms. The van der Waals surface area contributed by atoms with Crippen molar-refractivity contribution in [2.24, 2.45) is 0 Å². The van der Waals surface area contributed by atoms with Crippen LogP contribution in [0.1, 0.15) is 16.8 Å². The fourth-order valence-electron chi connectivity index (χ4n) is 1.20. The molecule has 18 heavy (non-hydrogen) atoms. The number of aromatic nitrogens is 1. The number of halogens is 2. The Morgan fingerprint density at radius 3 is 2.56 bits per heavy atom. The van der Waals surface area contributed by atoms with E-state index in [4.69, 9.17) is 33.4 Å². The number of amides is 1. The number of carbonyl (C=O) groups is 2. The van der Waals surface area contributed by atoms with E-state index in [-0.39, 0.29) is 28.9 Å². The van der Waals surface area contributed by atoms with Crippen LogP contribution in [-0.4, -0.2) is 39.7 Å². The van der Waals surface area contributed by atoms with Gasteiger partial charge in [-0.05, 0) is 12.1 Å². The summed E-state index contributed by atoms with van der Waals surface area (Å²) in [5.74, 6) is -1.93. The van der Waals surface area contributed by atoms with Crippen molar-refractivity contribution in [3.05, 3.63) is 28.0 Å². The van der Waals surface area contributed by atoms with Crippen molar-refractivity contribution >= 4 is 35.1 Å². The van der Waals surface area contributed by atoms with E-state index in [0.717, 1.165) is 0 Å². The summed E-state index contributed by atoms with van der Waals surface area (Å²) in [5.41, 5.74) is 0.0188. The molecule has 1 aromatic rings. The highest BCUT2D eigenvalue weighted by Gasteiger charge is 2.21. The SMILES string of the molecule is O=C(NC(CCO)C(=O)O)c1ccc(Cl)nc1Cl. The van der Waals surface area contributed by atoms with Crippen LogP contribution in [0, 0.1) is 0 Å². The highest BCUT2D eigenvalue weighted by molar-refractivity contribution is 6.34. The van der Waals surface area contributed by atoms with E-state index < -0.39 is 17.9 Å². The lowest BCUT2D eigenvalue weighted by Crippen LogP contribution is -2.41. The van der Waals surface area contributed by atoms with Gasteiger partial charge in [0.05, 0.1) is 5.56 Å². The molecule has 0 spiro atoms. The largest absolute Gasteiger partial charge is 0.480 e. The number of carbonyl (C=O) groups excluding carboxylic acids is 1. The van der Waals surface area contributed by atoms with Crippen molar-refractivity contribution in [2.75, 3.05) is 6.61 Å². The van der Waals surface area contributed by atoms with Gasteiger partial charge in [0, 0.05) is 13.0 Å². The Balaban J connectivity index is 2.83. The molecule has 1 rings (SSSR count). The van der Waals surface area contributed by atoms with Crippen LogP contribution in [0.5, 0.6) is 0 Å². The molecule has 0 fully saturated rings. The van der Waals surface area contributed by atoms with Crippen molar-refractivity contribution in [1.29, 1.82) is 0 Å². The molecular formula is C10H10Cl2N2O4. The Morgan fingerprint density at radius 2 is 2.06 bits per heavy atom. The highest BCUT2D eigenvalue weighted by atomic mass is 35.5. The number of aliphatic hydroxyl groups excluding tert-OH is 1. The topological polar surface area (TPSA) is 99.5 Å². The number of carboxylic acids is 1. The number of aliphatic hydroxyl groups is 1. The molecule has 1 heterocycles. The zero-order chi connectivity index (χ0) is 13.7. The summed E-state index contributed by atoms with van der Waals surface area (Å²) in [5, 5.41) is 19.7. The molecule has 0 aliphatic rings. The summed E-state index contributed by atoms with van der Waals surface area (Å²) in [6.07, 6.45) is -0.0975. The number of nitrogens with one attached hydrogen (secondary N) is 1. The summed E-state index contributed by atoms with van der Waals surface area (Å²) < 4.78 is 0. The Labute approximate surface area is 113 Å². The number of rotatable bonds is 5. The Bertz CT molecular complexity index is 467.